The fourth-order valence-corrected chi connectivity index (χ4v) is 0.204. The summed E-state index contributed by atoms with van der Waals surface area (Å²) in [5.74, 6) is 0. The largest absolute Gasteiger partial charge is 1.00 e. The molecule has 0 fully saturated rings. The van der Waals surface area contributed by atoms with Gasteiger partial charge in [-0.2, -0.15) is 0 Å². The summed E-state index contributed by atoms with van der Waals surface area (Å²) in [6.45, 7) is 10.8. The molecule has 1 nitrogen and oxygen atoms in total. The van der Waals surface area contributed by atoms with Gasteiger partial charge >= 0.3 is 18.9 Å². The first-order chi connectivity index (χ1) is 3.06. The van der Waals surface area contributed by atoms with Crippen LogP contribution in [0.3, 0.4) is 0 Å². The van der Waals surface area contributed by atoms with Crippen LogP contribution in [0.1, 0.15) is 20.8 Å². The summed E-state index contributed by atoms with van der Waals surface area (Å²) >= 11 is 0. The maximum Gasteiger partial charge on any atom is 1.00 e. The first kappa shape index (κ1) is 11.0. The molecule has 0 aromatic rings. The summed E-state index contributed by atoms with van der Waals surface area (Å²) in [4.78, 5) is 0. The molecule has 0 bridgehead atoms. The van der Waals surface area contributed by atoms with Crippen molar-refractivity contribution in [2.45, 2.75) is 26.4 Å². The van der Waals surface area contributed by atoms with E-state index in [1.165, 1.54) is 6.26 Å². The molecule has 0 saturated carbocycles. The number of hydrogen-bond donors (Lipinski definition) is 0. The molecule has 0 radical (unpaired) electrons. The fraction of sp³-hybridized carbons (Fsp3) is 0.667. The molecule has 0 aromatic heterocycles. The van der Waals surface area contributed by atoms with Crippen LogP contribution in [-0.2, 0) is 4.74 Å². The van der Waals surface area contributed by atoms with Crippen LogP contribution in [0.2, 0.25) is 0 Å². The van der Waals surface area contributed by atoms with Gasteiger partial charge in [-0.15, -0.1) is 6.26 Å². The first-order valence-electron chi connectivity index (χ1n) is 2.27. The number of hydrogen-bond acceptors (Lipinski definition) is 1. The Kier molecular flexibility index (Phi) is 5.59. The zero-order valence-corrected chi connectivity index (χ0v) is 6.06. The normalized spacial score (nSPS) is 9.38. The molecule has 0 heterocycles. The van der Waals surface area contributed by atoms with E-state index in [0.29, 0.717) is 0 Å². The van der Waals surface area contributed by atoms with Gasteiger partial charge in [0, 0.05) is 0 Å². The van der Waals surface area contributed by atoms with E-state index in [9.17, 15) is 0 Å². The molecule has 0 aliphatic heterocycles. The quantitative estimate of drug-likeness (QED) is 0.230. The van der Waals surface area contributed by atoms with E-state index in [-0.39, 0.29) is 24.5 Å². The number of ether oxygens (including phenoxy) is 1. The molecule has 42 valence electrons. The Morgan fingerprint density at radius 2 is 1.75 bits per heavy atom. The predicted molar refractivity (Wildman–Crippen MR) is 29.7 cm³/mol. The second-order valence-corrected chi connectivity index (χ2v) is 2.37. The SMILES string of the molecule is [CH-]=COC(C)(C)C.[Li+]. The molecule has 0 saturated heterocycles. The molecule has 0 spiro atoms. The van der Waals surface area contributed by atoms with Crippen molar-refractivity contribution in [3.8, 4) is 0 Å². The van der Waals surface area contributed by atoms with Gasteiger partial charge in [0.1, 0.15) is 0 Å². The van der Waals surface area contributed by atoms with Gasteiger partial charge in [0.15, 0.2) is 0 Å². The summed E-state index contributed by atoms with van der Waals surface area (Å²) in [5.41, 5.74) is -0.130. The van der Waals surface area contributed by atoms with E-state index in [1.54, 1.807) is 0 Å². The van der Waals surface area contributed by atoms with Gasteiger partial charge in [-0.3, -0.25) is 0 Å². The Morgan fingerprint density at radius 3 is 1.75 bits per heavy atom. The summed E-state index contributed by atoms with van der Waals surface area (Å²) in [5, 5.41) is 0. The Morgan fingerprint density at radius 1 is 1.38 bits per heavy atom. The van der Waals surface area contributed by atoms with Gasteiger partial charge < -0.3 is 11.3 Å². The van der Waals surface area contributed by atoms with Crippen LogP contribution in [0.5, 0.6) is 0 Å². The Bertz CT molecular complexity index is 63.4. The molecule has 0 unspecified atom stereocenters. The minimum atomic E-state index is -0.130. The Balaban J connectivity index is 0. The number of rotatable bonds is 1. The average Bonchev–Trinajstić information content (AvgIpc) is 1.30. The second-order valence-electron chi connectivity index (χ2n) is 2.37. The molecule has 8 heavy (non-hydrogen) atoms. The third-order valence-corrected chi connectivity index (χ3v) is 0.422. The monoisotopic (exact) mass is 106 g/mol. The molecule has 2 heteroatoms. The van der Waals surface area contributed by atoms with Gasteiger partial charge in [0.05, 0.1) is 5.60 Å². The first-order valence-corrected chi connectivity index (χ1v) is 2.27. The third-order valence-electron chi connectivity index (χ3n) is 0.422. The van der Waals surface area contributed by atoms with Gasteiger partial charge in [-0.05, 0) is 20.8 Å². The molecular formula is C6H11LiO. The zero-order valence-electron chi connectivity index (χ0n) is 6.06. The summed E-state index contributed by atoms with van der Waals surface area (Å²) in [6.07, 6.45) is 1.21. The molecule has 0 atom stereocenters. The summed E-state index contributed by atoms with van der Waals surface area (Å²) in [7, 11) is 0. The minimum absolute atomic E-state index is 0. The molecule has 0 amide bonds. The van der Waals surface area contributed by atoms with Crippen molar-refractivity contribution >= 4 is 0 Å². The van der Waals surface area contributed by atoms with Gasteiger partial charge in [0.25, 0.3) is 0 Å². The van der Waals surface area contributed by atoms with Crippen LogP contribution in [-0.4, -0.2) is 5.60 Å². The van der Waals surface area contributed by atoms with Crippen molar-refractivity contribution in [3.63, 3.8) is 0 Å². The maximum absolute atomic E-state index is 4.97. The topological polar surface area (TPSA) is 9.23 Å². The molecular weight excluding hydrogens is 95.0 g/mol. The molecule has 0 aliphatic carbocycles. The van der Waals surface area contributed by atoms with Crippen molar-refractivity contribution in [1.29, 1.82) is 0 Å². The van der Waals surface area contributed by atoms with Crippen molar-refractivity contribution in [2.75, 3.05) is 0 Å². The van der Waals surface area contributed by atoms with E-state index in [4.69, 9.17) is 11.3 Å². The maximum atomic E-state index is 4.97. The fourth-order valence-electron chi connectivity index (χ4n) is 0.204. The molecule has 0 aromatic carbocycles. The molecule has 0 N–H and O–H groups in total. The van der Waals surface area contributed by atoms with Crippen LogP contribution >= 0.6 is 0 Å². The standard InChI is InChI=1S/C6H11O.Li/c1-5-7-6(2,3)4;/h1,5H,2-4H3;/q-1;+1. The van der Waals surface area contributed by atoms with Crippen LogP contribution in [0, 0.1) is 6.58 Å². The Labute approximate surface area is 63.3 Å². The van der Waals surface area contributed by atoms with Crippen LogP contribution in [0.15, 0.2) is 6.26 Å². The van der Waals surface area contributed by atoms with E-state index < -0.39 is 0 Å². The molecule has 0 aliphatic rings. The summed E-state index contributed by atoms with van der Waals surface area (Å²) in [6, 6.07) is 0. The van der Waals surface area contributed by atoms with Crippen LogP contribution in [0.4, 0.5) is 0 Å². The minimum Gasteiger partial charge on any atom is -0.533 e. The van der Waals surface area contributed by atoms with Gasteiger partial charge in [-0.1, -0.05) is 0 Å². The smallest absolute Gasteiger partial charge is 0.533 e. The zero-order chi connectivity index (χ0) is 5.91. The molecule has 0 rings (SSSR count). The van der Waals surface area contributed by atoms with E-state index in [0.717, 1.165) is 0 Å². The van der Waals surface area contributed by atoms with Crippen molar-refractivity contribution in [1.82, 2.24) is 0 Å². The summed E-state index contributed by atoms with van der Waals surface area (Å²) < 4.78 is 4.88. The van der Waals surface area contributed by atoms with E-state index in [1.807, 2.05) is 20.8 Å². The average molecular weight is 106 g/mol. The van der Waals surface area contributed by atoms with Gasteiger partial charge in [-0.25, -0.2) is 0 Å². The van der Waals surface area contributed by atoms with E-state index >= 15 is 0 Å². The Hall–Kier alpha value is 0.137. The third kappa shape index (κ3) is 9.46. The van der Waals surface area contributed by atoms with Crippen molar-refractivity contribution < 1.29 is 23.6 Å². The van der Waals surface area contributed by atoms with Crippen molar-refractivity contribution in [2.24, 2.45) is 0 Å². The van der Waals surface area contributed by atoms with Gasteiger partial charge in [0.2, 0.25) is 0 Å². The predicted octanol–water partition coefficient (Wildman–Crippen LogP) is -1.25. The van der Waals surface area contributed by atoms with Crippen LogP contribution in [0.25, 0.3) is 0 Å². The second kappa shape index (κ2) is 4.06. The van der Waals surface area contributed by atoms with Crippen LogP contribution < -0.4 is 18.9 Å². The van der Waals surface area contributed by atoms with E-state index in [2.05, 4.69) is 0 Å². The van der Waals surface area contributed by atoms with Crippen molar-refractivity contribution in [3.05, 3.63) is 12.8 Å².